The molecule has 7 nitrogen and oxygen atoms in total. The number of nitrogens with zero attached hydrogens (tertiary/aromatic N) is 3. The number of carbonyl (C=O) groups excluding carboxylic acids is 1. The lowest BCUT2D eigenvalue weighted by molar-refractivity contribution is -1.03. The molecule has 0 bridgehead atoms. The van der Waals surface area contributed by atoms with E-state index in [2.05, 4.69) is 70.9 Å². The molecule has 3 N–H and O–H groups in total. The molecule has 0 atom stereocenters. The van der Waals surface area contributed by atoms with E-state index in [4.69, 9.17) is 0 Å². The van der Waals surface area contributed by atoms with Crippen molar-refractivity contribution in [1.29, 1.82) is 0 Å². The zero-order valence-corrected chi connectivity index (χ0v) is 23.2. The number of azo groups is 1. The van der Waals surface area contributed by atoms with Crippen LogP contribution >= 0.6 is 0 Å². The average Bonchev–Trinajstić information content (AvgIpc) is 3.28. The predicted octanol–water partition coefficient (Wildman–Crippen LogP) is 4.11. The van der Waals surface area contributed by atoms with Crippen molar-refractivity contribution in [2.75, 3.05) is 26.2 Å². The molecule has 1 fully saturated rings. The first-order chi connectivity index (χ1) is 20.1. The number of hydrogen-bond donors (Lipinski definition) is 3. The van der Waals surface area contributed by atoms with Crippen molar-refractivity contribution in [2.24, 2.45) is 10.2 Å². The molecule has 0 radical (unpaired) electrons. The maximum absolute atomic E-state index is 12.6. The molecule has 2 heterocycles. The Morgan fingerprint density at radius 1 is 0.805 bits per heavy atom. The monoisotopic (exact) mass is 545 g/mol. The second kappa shape index (κ2) is 11.9. The van der Waals surface area contributed by atoms with Crippen molar-refractivity contribution in [2.45, 2.75) is 19.6 Å². The molecular weight excluding hydrogens is 510 g/mol. The first-order valence-corrected chi connectivity index (χ1v) is 14.2. The van der Waals surface area contributed by atoms with E-state index in [9.17, 15) is 9.90 Å². The quantitative estimate of drug-likeness (QED) is 0.269. The van der Waals surface area contributed by atoms with E-state index in [0.717, 1.165) is 42.6 Å². The summed E-state index contributed by atoms with van der Waals surface area (Å²) in [6.07, 6.45) is 0. The number of aryl methyl sites for hydroxylation is 1. The van der Waals surface area contributed by atoms with Gasteiger partial charge in [0.15, 0.2) is 12.4 Å². The molecule has 4 aromatic carbocycles. The van der Waals surface area contributed by atoms with Gasteiger partial charge in [-0.2, -0.15) is 0 Å². The Bertz CT molecular complexity index is 1620. The van der Waals surface area contributed by atoms with Crippen molar-refractivity contribution >= 4 is 22.5 Å². The first kappa shape index (κ1) is 26.6. The third kappa shape index (κ3) is 5.68. The lowest BCUT2D eigenvalue weighted by Gasteiger charge is -2.35. The summed E-state index contributed by atoms with van der Waals surface area (Å²) < 4.78 is 1.91. The second-order valence-corrected chi connectivity index (χ2v) is 10.8. The maximum atomic E-state index is 12.6. The van der Waals surface area contributed by atoms with Gasteiger partial charge in [-0.05, 0) is 25.1 Å². The highest BCUT2D eigenvalue weighted by molar-refractivity contribution is 5.97. The van der Waals surface area contributed by atoms with Gasteiger partial charge in [-0.1, -0.05) is 96.6 Å². The number of rotatable bonds is 7. The minimum Gasteiger partial charge on any atom is -0.493 e. The Labute approximate surface area is 240 Å². The van der Waals surface area contributed by atoms with Crippen LogP contribution in [0.15, 0.2) is 119 Å². The summed E-state index contributed by atoms with van der Waals surface area (Å²) >= 11 is 0. The standard InChI is InChI=1S/C34H33N5O2/c1-25-16-18-28(19-17-25)33(40)36-35-31-29-14-8-9-15-30(29)39(34(31)41)24-37-20-22-38(23-21-37)32(26-10-4-2-5-11-26)27-12-6-3-7-13-27/h2-19,32,41H,20-24H2,1H3/p+2. The Balaban J connectivity index is 1.20. The minimum atomic E-state index is -0.433. The van der Waals surface area contributed by atoms with Crippen molar-refractivity contribution in [3.8, 4) is 5.88 Å². The van der Waals surface area contributed by atoms with Gasteiger partial charge in [-0.3, -0.25) is 9.36 Å². The summed E-state index contributed by atoms with van der Waals surface area (Å²) in [6, 6.07) is 36.8. The molecule has 1 saturated heterocycles. The fraction of sp³-hybridized carbons (Fsp3) is 0.206. The number of aromatic nitrogens is 1. The summed E-state index contributed by atoms with van der Waals surface area (Å²) in [5.74, 6) is -0.391. The lowest BCUT2D eigenvalue weighted by Crippen LogP contribution is -3.27. The summed E-state index contributed by atoms with van der Waals surface area (Å²) in [6.45, 7) is 6.56. The fourth-order valence-electron chi connectivity index (χ4n) is 5.93. The highest BCUT2D eigenvalue weighted by Crippen LogP contribution is 2.38. The normalized spacial score (nSPS) is 17.4. The van der Waals surface area contributed by atoms with Crippen LogP contribution in [0.2, 0.25) is 0 Å². The van der Waals surface area contributed by atoms with Crippen LogP contribution in [0.5, 0.6) is 5.88 Å². The molecule has 1 aliphatic heterocycles. The molecule has 0 saturated carbocycles. The zero-order chi connectivity index (χ0) is 28.2. The van der Waals surface area contributed by atoms with Gasteiger partial charge in [0, 0.05) is 22.1 Å². The van der Waals surface area contributed by atoms with Crippen LogP contribution < -0.4 is 9.80 Å². The van der Waals surface area contributed by atoms with Crippen LogP contribution in [-0.4, -0.2) is 41.8 Å². The number of quaternary nitrogens is 2. The molecule has 0 aliphatic carbocycles. The van der Waals surface area contributed by atoms with E-state index in [0.29, 0.717) is 17.9 Å². The van der Waals surface area contributed by atoms with Crippen LogP contribution in [0.4, 0.5) is 5.69 Å². The number of aromatic hydroxyl groups is 1. The molecule has 7 heteroatoms. The highest BCUT2D eigenvalue weighted by Gasteiger charge is 2.32. The van der Waals surface area contributed by atoms with Gasteiger partial charge in [-0.25, -0.2) is 0 Å². The van der Waals surface area contributed by atoms with E-state index < -0.39 is 5.91 Å². The van der Waals surface area contributed by atoms with E-state index in [-0.39, 0.29) is 11.9 Å². The largest absolute Gasteiger partial charge is 0.493 e. The zero-order valence-electron chi connectivity index (χ0n) is 23.2. The summed E-state index contributed by atoms with van der Waals surface area (Å²) in [5, 5.41) is 20.3. The van der Waals surface area contributed by atoms with Crippen LogP contribution in [-0.2, 0) is 6.67 Å². The molecule has 1 amide bonds. The Morgan fingerprint density at radius 3 is 2.02 bits per heavy atom. The van der Waals surface area contributed by atoms with Crippen LogP contribution in [0.1, 0.15) is 33.1 Å². The van der Waals surface area contributed by atoms with Crippen LogP contribution in [0, 0.1) is 6.92 Å². The smallest absolute Gasteiger partial charge is 0.295 e. The van der Waals surface area contributed by atoms with Crippen molar-refractivity contribution in [3.05, 3.63) is 131 Å². The fourth-order valence-corrected chi connectivity index (χ4v) is 5.93. The third-order valence-electron chi connectivity index (χ3n) is 8.11. The number of nitrogens with one attached hydrogen (secondary N) is 2. The topological polar surface area (TPSA) is 75.8 Å². The lowest BCUT2D eigenvalue weighted by atomic mass is 9.96. The van der Waals surface area contributed by atoms with Crippen molar-refractivity contribution in [3.63, 3.8) is 0 Å². The maximum Gasteiger partial charge on any atom is 0.295 e. The third-order valence-corrected chi connectivity index (χ3v) is 8.11. The average molecular weight is 546 g/mol. The number of hydrogen-bond acceptors (Lipinski definition) is 3. The molecule has 0 spiro atoms. The van der Waals surface area contributed by atoms with Gasteiger partial charge in [0.1, 0.15) is 32.2 Å². The first-order valence-electron chi connectivity index (χ1n) is 14.2. The second-order valence-electron chi connectivity index (χ2n) is 10.8. The number of carbonyl (C=O) groups is 1. The molecule has 6 rings (SSSR count). The summed E-state index contributed by atoms with van der Waals surface area (Å²) in [4.78, 5) is 15.6. The van der Waals surface area contributed by atoms with E-state index in [1.165, 1.54) is 16.0 Å². The molecule has 41 heavy (non-hydrogen) atoms. The Kier molecular flexibility index (Phi) is 7.71. The molecule has 0 unspecified atom stereocenters. The van der Waals surface area contributed by atoms with Gasteiger partial charge in [-0.15, -0.1) is 10.2 Å². The van der Waals surface area contributed by atoms with Gasteiger partial charge in [0.05, 0.1) is 5.52 Å². The molecule has 1 aromatic heterocycles. The van der Waals surface area contributed by atoms with E-state index in [1.54, 1.807) is 17.0 Å². The minimum absolute atomic E-state index is 0.0420. The predicted molar refractivity (Wildman–Crippen MR) is 160 cm³/mol. The van der Waals surface area contributed by atoms with Crippen molar-refractivity contribution in [1.82, 2.24) is 4.57 Å². The molecule has 1 aliphatic rings. The SMILES string of the molecule is Cc1ccc(C(=O)N=Nc2c(O)n(C[NH+]3CC[NH+](C(c4ccccc4)c4ccccc4)CC3)c3ccccc23)cc1. The number of fused-ring (bicyclic) bond motifs is 1. The van der Waals surface area contributed by atoms with E-state index in [1.807, 2.05) is 47.9 Å². The molecule has 206 valence electrons. The van der Waals surface area contributed by atoms with E-state index >= 15 is 0 Å². The molecule has 5 aromatic rings. The van der Waals surface area contributed by atoms with Gasteiger partial charge < -0.3 is 14.9 Å². The van der Waals surface area contributed by atoms with Crippen LogP contribution in [0.3, 0.4) is 0 Å². The number of amides is 1. The van der Waals surface area contributed by atoms with Gasteiger partial charge in [0.2, 0.25) is 5.88 Å². The number of piperazine rings is 1. The van der Waals surface area contributed by atoms with Crippen LogP contribution in [0.25, 0.3) is 10.9 Å². The summed E-state index contributed by atoms with van der Waals surface area (Å²) in [7, 11) is 0. The highest BCUT2D eigenvalue weighted by atomic mass is 16.3. The van der Waals surface area contributed by atoms with Gasteiger partial charge >= 0.3 is 0 Å². The Hall–Kier alpha value is -4.59. The number of para-hydroxylation sites is 1. The Morgan fingerprint density at radius 2 is 1.39 bits per heavy atom. The van der Waals surface area contributed by atoms with Crippen molar-refractivity contribution < 1.29 is 19.7 Å². The summed E-state index contributed by atoms with van der Waals surface area (Å²) in [5.41, 5.74) is 5.42. The number of benzene rings is 4. The molecular formula is C34H35N5O2+2. The van der Waals surface area contributed by atoms with Gasteiger partial charge in [0.25, 0.3) is 5.91 Å².